The molecule has 0 aliphatic rings. The predicted octanol–water partition coefficient (Wildman–Crippen LogP) is 3.71. The third-order valence-electron chi connectivity index (χ3n) is 2.98. The SMILES string of the molecule is CC[CH2][Zn]([CH2]CC)[c]1ccccc1.OP(O)(=S)S. The number of hydrogen-bond donors (Lipinski definition) is 3. The van der Waals surface area contributed by atoms with Crippen molar-refractivity contribution in [3.63, 3.8) is 0 Å². The smallest absolute Gasteiger partial charge is 0.239 e. The molecule has 0 aliphatic carbocycles. The first-order valence-electron chi connectivity index (χ1n) is 6.46. The van der Waals surface area contributed by atoms with Crippen molar-refractivity contribution >= 4 is 33.9 Å². The summed E-state index contributed by atoms with van der Waals surface area (Å²) in [6.07, 6.45) is 2.77. The average Bonchev–Trinajstić information content (AvgIpc) is 2.28. The number of hydrogen-bond acceptors (Lipinski definition) is 1. The molecule has 101 valence electrons. The molecule has 1 rings (SSSR count). The van der Waals surface area contributed by atoms with Gasteiger partial charge in [0.2, 0.25) is 5.69 Å². The topological polar surface area (TPSA) is 40.5 Å². The number of benzene rings is 1. The van der Waals surface area contributed by atoms with Crippen LogP contribution in [0.2, 0.25) is 10.0 Å². The van der Waals surface area contributed by atoms with E-state index in [1.807, 2.05) is 0 Å². The first-order valence-corrected chi connectivity index (χ1v) is 16.0. The summed E-state index contributed by atoms with van der Waals surface area (Å²) in [6, 6.07) is 11.2. The summed E-state index contributed by atoms with van der Waals surface area (Å²) in [4.78, 5) is 15.7. The van der Waals surface area contributed by atoms with Crippen molar-refractivity contribution in [2.24, 2.45) is 0 Å². The van der Waals surface area contributed by atoms with E-state index in [0.717, 1.165) is 0 Å². The zero-order chi connectivity index (χ0) is 14.0. The van der Waals surface area contributed by atoms with Crippen LogP contribution in [0, 0.1) is 0 Å². The van der Waals surface area contributed by atoms with E-state index < -0.39 is 21.6 Å². The maximum absolute atomic E-state index is 7.87. The number of rotatable bonds is 5. The quantitative estimate of drug-likeness (QED) is 0.427. The largest absolute Gasteiger partial charge is 0.338 e. The molecule has 0 aliphatic heterocycles. The molecule has 2 N–H and O–H groups in total. The molecule has 2 nitrogen and oxygen atoms in total. The minimum atomic E-state index is -3.11. The van der Waals surface area contributed by atoms with Gasteiger partial charge in [-0.3, -0.25) is 0 Å². The minimum absolute atomic E-state index is 1.28. The van der Waals surface area contributed by atoms with Gasteiger partial charge in [-0.25, -0.2) is 0 Å². The molecular formula is C12H22O2PS2Zn. The Kier molecular flexibility index (Phi) is 11.0. The first-order chi connectivity index (χ1) is 8.38. The fourth-order valence-electron chi connectivity index (χ4n) is 2.25. The molecule has 0 atom stereocenters. The van der Waals surface area contributed by atoms with Crippen LogP contribution in [0.25, 0.3) is 0 Å². The maximum atomic E-state index is 7.87. The van der Waals surface area contributed by atoms with Crippen molar-refractivity contribution in [1.82, 2.24) is 0 Å². The van der Waals surface area contributed by atoms with Crippen molar-refractivity contribution in [2.45, 2.75) is 36.7 Å². The van der Waals surface area contributed by atoms with Crippen molar-refractivity contribution < 1.29 is 25.7 Å². The van der Waals surface area contributed by atoms with E-state index in [4.69, 9.17) is 9.79 Å². The molecule has 1 aromatic rings. The zero-order valence-electron chi connectivity index (χ0n) is 11.1. The van der Waals surface area contributed by atoms with Gasteiger partial charge in [-0.15, -0.1) is 0 Å². The van der Waals surface area contributed by atoms with Gasteiger partial charge in [0, 0.05) is 0 Å². The molecule has 18 heavy (non-hydrogen) atoms. The van der Waals surface area contributed by atoms with Crippen molar-refractivity contribution in [3.05, 3.63) is 30.3 Å². The van der Waals surface area contributed by atoms with Gasteiger partial charge in [0.05, 0.1) is 0 Å². The Morgan fingerprint density at radius 2 is 1.50 bits per heavy atom. The Bertz CT molecular complexity index is 342. The fourth-order valence-corrected chi connectivity index (χ4v) is 10.3. The summed E-state index contributed by atoms with van der Waals surface area (Å²) in [5.74, 6) is 0. The Morgan fingerprint density at radius 3 is 1.83 bits per heavy atom. The second kappa shape index (κ2) is 10.5. The summed E-state index contributed by atoms with van der Waals surface area (Å²) in [5, 5.41) is 3.08. The third-order valence-corrected chi connectivity index (χ3v) is 12.9. The van der Waals surface area contributed by atoms with E-state index in [9.17, 15) is 0 Å². The number of thiol groups is 1. The first kappa shape index (κ1) is 18.8. The van der Waals surface area contributed by atoms with Crippen LogP contribution in [0.5, 0.6) is 0 Å². The van der Waals surface area contributed by atoms with E-state index in [2.05, 4.69) is 68.2 Å². The predicted molar refractivity (Wildman–Crippen MR) is 84.0 cm³/mol. The van der Waals surface area contributed by atoms with Gasteiger partial charge in [-0.2, -0.15) is 0 Å². The Balaban J connectivity index is 0.000000494. The van der Waals surface area contributed by atoms with Crippen LogP contribution in [0.1, 0.15) is 26.7 Å². The van der Waals surface area contributed by atoms with Gasteiger partial charge in [-0.1, -0.05) is 12.2 Å². The van der Waals surface area contributed by atoms with E-state index >= 15 is 0 Å². The van der Waals surface area contributed by atoms with Crippen LogP contribution >= 0.6 is 17.9 Å². The van der Waals surface area contributed by atoms with Gasteiger partial charge in [0.25, 0.3) is 0 Å². The molecule has 0 spiro atoms. The molecule has 0 unspecified atom stereocenters. The molecule has 0 bridgehead atoms. The van der Waals surface area contributed by atoms with Gasteiger partial charge < -0.3 is 9.79 Å². The average molecular weight is 359 g/mol. The third kappa shape index (κ3) is 11.8. The maximum Gasteiger partial charge on any atom is 0.239 e. The monoisotopic (exact) mass is 357 g/mol. The van der Waals surface area contributed by atoms with Crippen LogP contribution in [0.4, 0.5) is 0 Å². The normalized spacial score (nSPS) is 10.5. The van der Waals surface area contributed by atoms with Gasteiger partial charge in [-0.05, 0) is 11.8 Å². The molecule has 1 aromatic carbocycles. The van der Waals surface area contributed by atoms with Gasteiger partial charge in [0.15, 0.2) is 0 Å². The summed E-state index contributed by atoms with van der Waals surface area (Å²) in [7, 11) is 0. The molecule has 0 saturated heterocycles. The van der Waals surface area contributed by atoms with E-state index in [-0.39, 0.29) is 0 Å². The van der Waals surface area contributed by atoms with E-state index in [1.54, 1.807) is 4.16 Å². The molecule has 0 fully saturated rings. The molecule has 0 saturated carbocycles. The molecule has 6 heteroatoms. The van der Waals surface area contributed by atoms with Crippen LogP contribution in [0.3, 0.4) is 0 Å². The summed E-state index contributed by atoms with van der Waals surface area (Å²) < 4.78 is 1.73. The standard InChI is InChI=1S/C6H5.2C3H7.H3O2PS2.Zn/c1-2-4-6-5-3-1;2*1-3-2;1-3(2,4)5;/h1-5H;2*1,3H2,2H3;(H3,1,2,4,5);. The molecule has 0 heterocycles. The van der Waals surface area contributed by atoms with Crippen LogP contribution < -0.4 is 4.16 Å². The Hall–Kier alpha value is 0.763. The van der Waals surface area contributed by atoms with E-state index in [1.165, 1.54) is 22.9 Å². The molecule has 0 amide bonds. The Labute approximate surface area is 126 Å². The van der Waals surface area contributed by atoms with Gasteiger partial charge in [0.1, 0.15) is 0 Å². The molecule has 0 radical (unpaired) electrons. The molecular weight excluding hydrogens is 337 g/mol. The second-order valence-corrected chi connectivity index (χ2v) is 17.9. The van der Waals surface area contributed by atoms with Crippen molar-refractivity contribution in [2.75, 3.05) is 0 Å². The molecule has 0 aromatic heterocycles. The van der Waals surface area contributed by atoms with Crippen molar-refractivity contribution in [1.29, 1.82) is 0 Å². The summed E-state index contributed by atoms with van der Waals surface area (Å²) in [5.41, 5.74) is -3.11. The van der Waals surface area contributed by atoms with E-state index in [0.29, 0.717) is 0 Å². The fraction of sp³-hybridized carbons (Fsp3) is 0.500. The minimum Gasteiger partial charge on any atom is -0.338 e. The summed E-state index contributed by atoms with van der Waals surface area (Å²) in [6.45, 7) is 4.64. The van der Waals surface area contributed by atoms with Gasteiger partial charge >= 0.3 is 87.2 Å². The van der Waals surface area contributed by atoms with Crippen molar-refractivity contribution in [3.8, 4) is 0 Å². The Morgan fingerprint density at radius 1 is 1.11 bits per heavy atom. The zero-order valence-corrected chi connectivity index (χ0v) is 16.7. The van der Waals surface area contributed by atoms with Crippen LogP contribution in [0.15, 0.2) is 30.3 Å². The van der Waals surface area contributed by atoms with Crippen LogP contribution in [-0.4, -0.2) is 9.79 Å². The summed E-state index contributed by atoms with van der Waals surface area (Å²) >= 11 is 5.79. The second-order valence-electron chi connectivity index (χ2n) is 4.56. The van der Waals surface area contributed by atoms with Crippen LogP contribution in [-0.2, 0) is 27.8 Å².